The van der Waals surface area contributed by atoms with Crippen molar-refractivity contribution in [2.45, 2.75) is 65.8 Å². The fourth-order valence-electron chi connectivity index (χ4n) is 3.69. The summed E-state index contributed by atoms with van der Waals surface area (Å²) in [6.45, 7) is 12.1. The van der Waals surface area contributed by atoms with Gasteiger partial charge in [0, 0.05) is 38.2 Å². The number of hydrogen-bond donors (Lipinski definition) is 0. The van der Waals surface area contributed by atoms with Gasteiger partial charge in [-0.05, 0) is 31.6 Å². The van der Waals surface area contributed by atoms with E-state index in [9.17, 15) is 9.59 Å². The van der Waals surface area contributed by atoms with Crippen LogP contribution in [0.1, 0.15) is 74.8 Å². The first kappa shape index (κ1) is 19.8. The third-order valence-electron chi connectivity index (χ3n) is 5.68. The van der Waals surface area contributed by atoms with Crippen molar-refractivity contribution in [3.63, 3.8) is 0 Å². The van der Waals surface area contributed by atoms with Gasteiger partial charge in [-0.2, -0.15) is 0 Å². The molecule has 2 heterocycles. The smallest absolute Gasteiger partial charge is 0.257 e. The maximum atomic E-state index is 13.2. The SMILES string of the molecule is Cc1nc(C(C)C)ncc1C(=O)N1CCC(=O)N(CC2CC2)C(C(C)C)C1. The predicted octanol–water partition coefficient (Wildman–Crippen LogP) is 3.02. The van der Waals surface area contributed by atoms with Gasteiger partial charge in [0.05, 0.1) is 17.3 Å². The molecule has 1 aromatic rings. The minimum absolute atomic E-state index is 0.0606. The number of amides is 2. The Morgan fingerprint density at radius 2 is 1.96 bits per heavy atom. The summed E-state index contributed by atoms with van der Waals surface area (Å²) in [5, 5.41) is 0. The zero-order chi connectivity index (χ0) is 19.7. The lowest BCUT2D eigenvalue weighted by Gasteiger charge is -2.35. The molecule has 2 aliphatic rings. The van der Waals surface area contributed by atoms with Crippen molar-refractivity contribution in [1.82, 2.24) is 19.8 Å². The van der Waals surface area contributed by atoms with E-state index in [-0.39, 0.29) is 23.8 Å². The molecule has 1 aliphatic heterocycles. The number of carbonyl (C=O) groups is 2. The van der Waals surface area contributed by atoms with Crippen LogP contribution >= 0.6 is 0 Å². The lowest BCUT2D eigenvalue weighted by atomic mass is 10.0. The van der Waals surface area contributed by atoms with E-state index in [0.717, 1.165) is 12.4 Å². The summed E-state index contributed by atoms with van der Waals surface area (Å²) >= 11 is 0. The van der Waals surface area contributed by atoms with Crippen LogP contribution in [0.2, 0.25) is 0 Å². The van der Waals surface area contributed by atoms with E-state index >= 15 is 0 Å². The van der Waals surface area contributed by atoms with Crippen LogP contribution in [0.25, 0.3) is 0 Å². The van der Waals surface area contributed by atoms with Gasteiger partial charge in [0.1, 0.15) is 5.82 Å². The van der Waals surface area contributed by atoms with Crippen LogP contribution in [0, 0.1) is 18.8 Å². The van der Waals surface area contributed by atoms with E-state index in [1.54, 1.807) is 6.20 Å². The standard InChI is InChI=1S/C21H32N4O2/c1-13(2)18-12-24(9-8-19(26)25(18)11-16-6-7-16)21(27)17-10-22-20(14(3)4)23-15(17)5/h10,13-14,16,18H,6-9,11-12H2,1-5H3. The monoisotopic (exact) mass is 372 g/mol. The molecule has 6 heteroatoms. The summed E-state index contributed by atoms with van der Waals surface area (Å²) in [7, 11) is 0. The molecular weight excluding hydrogens is 340 g/mol. The van der Waals surface area contributed by atoms with E-state index in [1.807, 2.05) is 30.6 Å². The molecule has 0 radical (unpaired) electrons. The maximum Gasteiger partial charge on any atom is 0.257 e. The quantitative estimate of drug-likeness (QED) is 0.797. The predicted molar refractivity (Wildman–Crippen MR) is 104 cm³/mol. The zero-order valence-corrected chi connectivity index (χ0v) is 17.2. The van der Waals surface area contributed by atoms with Crippen LogP contribution in [0.5, 0.6) is 0 Å². The third-order valence-corrected chi connectivity index (χ3v) is 5.68. The Labute approximate surface area is 162 Å². The van der Waals surface area contributed by atoms with E-state index in [1.165, 1.54) is 12.8 Å². The van der Waals surface area contributed by atoms with Crippen molar-refractivity contribution in [1.29, 1.82) is 0 Å². The van der Waals surface area contributed by atoms with Gasteiger partial charge in [-0.1, -0.05) is 27.7 Å². The second kappa shape index (κ2) is 7.95. The first-order chi connectivity index (χ1) is 12.8. The molecule has 1 saturated heterocycles. The van der Waals surface area contributed by atoms with Crippen LogP contribution in [0.4, 0.5) is 0 Å². The fraction of sp³-hybridized carbons (Fsp3) is 0.714. The highest BCUT2D eigenvalue weighted by atomic mass is 16.2. The highest BCUT2D eigenvalue weighted by Crippen LogP contribution is 2.32. The van der Waals surface area contributed by atoms with Crippen LogP contribution in [-0.4, -0.2) is 57.3 Å². The summed E-state index contributed by atoms with van der Waals surface area (Å²) in [6, 6.07) is 0.0701. The number of aromatic nitrogens is 2. The molecule has 1 saturated carbocycles. The number of rotatable bonds is 5. The van der Waals surface area contributed by atoms with E-state index < -0.39 is 0 Å². The topological polar surface area (TPSA) is 66.4 Å². The highest BCUT2D eigenvalue weighted by Gasteiger charge is 2.37. The minimum Gasteiger partial charge on any atom is -0.337 e. The molecule has 3 rings (SSSR count). The summed E-state index contributed by atoms with van der Waals surface area (Å²) in [6.07, 6.45) is 4.48. The highest BCUT2D eigenvalue weighted by molar-refractivity contribution is 5.95. The second-order valence-electron chi connectivity index (χ2n) is 8.68. The number of carbonyl (C=O) groups excluding carboxylic acids is 2. The largest absolute Gasteiger partial charge is 0.337 e. The Hall–Kier alpha value is -1.98. The van der Waals surface area contributed by atoms with Gasteiger partial charge in [-0.3, -0.25) is 9.59 Å². The Kier molecular flexibility index (Phi) is 5.82. The normalized spacial score (nSPS) is 21.1. The van der Waals surface area contributed by atoms with Crippen LogP contribution in [0.3, 0.4) is 0 Å². The van der Waals surface area contributed by atoms with Gasteiger partial charge in [0.15, 0.2) is 0 Å². The fourth-order valence-corrected chi connectivity index (χ4v) is 3.69. The molecular formula is C21H32N4O2. The number of aryl methyl sites for hydroxylation is 1. The van der Waals surface area contributed by atoms with Gasteiger partial charge >= 0.3 is 0 Å². The van der Waals surface area contributed by atoms with Crippen molar-refractivity contribution in [3.8, 4) is 0 Å². The number of nitrogens with zero attached hydrogens (tertiary/aromatic N) is 4. The Morgan fingerprint density at radius 3 is 2.52 bits per heavy atom. The summed E-state index contributed by atoms with van der Waals surface area (Å²) < 4.78 is 0. The summed E-state index contributed by atoms with van der Waals surface area (Å²) in [4.78, 5) is 38.7. The van der Waals surface area contributed by atoms with Crippen molar-refractivity contribution in [2.75, 3.05) is 19.6 Å². The summed E-state index contributed by atoms with van der Waals surface area (Å²) in [5.74, 6) is 2.06. The summed E-state index contributed by atoms with van der Waals surface area (Å²) in [5.41, 5.74) is 1.26. The van der Waals surface area contributed by atoms with Crippen molar-refractivity contribution < 1.29 is 9.59 Å². The van der Waals surface area contributed by atoms with Gasteiger partial charge in [-0.15, -0.1) is 0 Å². The minimum atomic E-state index is -0.0606. The van der Waals surface area contributed by atoms with Crippen LogP contribution in [0.15, 0.2) is 6.20 Å². The maximum absolute atomic E-state index is 13.2. The van der Waals surface area contributed by atoms with Gasteiger partial charge in [0.25, 0.3) is 5.91 Å². The second-order valence-corrected chi connectivity index (χ2v) is 8.68. The molecule has 1 atom stereocenters. The van der Waals surface area contributed by atoms with E-state index in [0.29, 0.717) is 42.6 Å². The molecule has 0 spiro atoms. The first-order valence-corrected chi connectivity index (χ1v) is 10.2. The lowest BCUT2D eigenvalue weighted by molar-refractivity contribution is -0.133. The molecule has 0 aromatic carbocycles. The lowest BCUT2D eigenvalue weighted by Crippen LogP contribution is -2.48. The first-order valence-electron chi connectivity index (χ1n) is 10.2. The van der Waals surface area contributed by atoms with E-state index in [2.05, 4.69) is 23.8 Å². The molecule has 6 nitrogen and oxygen atoms in total. The molecule has 1 aliphatic carbocycles. The molecule has 27 heavy (non-hydrogen) atoms. The van der Waals surface area contributed by atoms with Gasteiger partial charge < -0.3 is 9.80 Å². The zero-order valence-electron chi connectivity index (χ0n) is 17.2. The molecule has 0 N–H and O–H groups in total. The molecule has 1 unspecified atom stereocenters. The van der Waals surface area contributed by atoms with Crippen molar-refractivity contribution >= 4 is 11.8 Å². The third kappa shape index (κ3) is 4.47. The van der Waals surface area contributed by atoms with E-state index in [4.69, 9.17) is 0 Å². The van der Waals surface area contributed by atoms with Crippen molar-refractivity contribution in [2.24, 2.45) is 11.8 Å². The van der Waals surface area contributed by atoms with Gasteiger partial charge in [0.2, 0.25) is 5.91 Å². The molecule has 2 fully saturated rings. The average Bonchev–Trinajstić information content (AvgIpc) is 3.44. The van der Waals surface area contributed by atoms with Gasteiger partial charge in [-0.25, -0.2) is 9.97 Å². The number of hydrogen-bond acceptors (Lipinski definition) is 4. The Balaban J connectivity index is 1.81. The van der Waals surface area contributed by atoms with Crippen LogP contribution in [-0.2, 0) is 4.79 Å². The average molecular weight is 373 g/mol. The Morgan fingerprint density at radius 1 is 1.26 bits per heavy atom. The molecule has 0 bridgehead atoms. The molecule has 1 aromatic heterocycles. The Bertz CT molecular complexity index is 712. The van der Waals surface area contributed by atoms with Crippen LogP contribution < -0.4 is 0 Å². The molecule has 148 valence electrons. The van der Waals surface area contributed by atoms with Crippen molar-refractivity contribution in [3.05, 3.63) is 23.3 Å². The molecule has 2 amide bonds.